The van der Waals surface area contributed by atoms with E-state index in [0.29, 0.717) is 30.0 Å². The lowest BCUT2D eigenvalue weighted by atomic mass is 10.1. The minimum absolute atomic E-state index is 0.0409. The van der Waals surface area contributed by atoms with Gasteiger partial charge in [0.25, 0.3) is 0 Å². The number of carboxylic acids is 1. The van der Waals surface area contributed by atoms with Crippen LogP contribution in [0.1, 0.15) is 16.7 Å². The highest BCUT2D eigenvalue weighted by atomic mass is 32.2. The highest BCUT2D eigenvalue weighted by molar-refractivity contribution is 7.89. The first kappa shape index (κ1) is 33.3. The topological polar surface area (TPSA) is 158 Å². The average molecular weight is 677 g/mol. The van der Waals surface area contributed by atoms with Crippen molar-refractivity contribution >= 4 is 32.8 Å². The summed E-state index contributed by atoms with van der Waals surface area (Å²) in [5.41, 5.74) is 4.91. The first-order valence-corrected chi connectivity index (χ1v) is 17.3. The molecule has 4 aromatic carbocycles. The predicted octanol–water partition coefficient (Wildman–Crippen LogP) is 4.77. The number of imidazole rings is 1. The summed E-state index contributed by atoms with van der Waals surface area (Å²) in [5.74, 6) is -0.697. The van der Waals surface area contributed by atoms with Gasteiger partial charge in [-0.05, 0) is 52.9 Å². The number of aromatic amines is 1. The number of sulfonamides is 1. The fourth-order valence-corrected chi connectivity index (χ4v) is 6.79. The third-order valence-corrected chi connectivity index (χ3v) is 9.68. The van der Waals surface area contributed by atoms with Crippen molar-refractivity contribution in [1.82, 2.24) is 24.6 Å². The lowest BCUT2D eigenvalue weighted by Crippen LogP contribution is -2.47. The summed E-state index contributed by atoms with van der Waals surface area (Å²) in [7, 11) is -4.15. The molecule has 49 heavy (non-hydrogen) atoms. The van der Waals surface area contributed by atoms with Crippen LogP contribution in [0.15, 0.2) is 131 Å². The van der Waals surface area contributed by atoms with Crippen molar-refractivity contribution in [2.24, 2.45) is 0 Å². The largest absolute Gasteiger partial charge is 0.480 e. The zero-order valence-electron chi connectivity index (χ0n) is 26.5. The maximum absolute atomic E-state index is 13.7. The van der Waals surface area contributed by atoms with Gasteiger partial charge in [0.1, 0.15) is 6.04 Å². The van der Waals surface area contributed by atoms with Crippen molar-refractivity contribution in [3.8, 4) is 11.1 Å². The Morgan fingerprint density at radius 3 is 2.29 bits per heavy atom. The van der Waals surface area contributed by atoms with Gasteiger partial charge in [-0.2, -0.15) is 4.72 Å². The highest BCUT2D eigenvalue weighted by Gasteiger charge is 2.25. The van der Waals surface area contributed by atoms with Crippen molar-refractivity contribution in [2.45, 2.75) is 37.0 Å². The van der Waals surface area contributed by atoms with Crippen LogP contribution >= 0.6 is 0 Å². The smallest absolute Gasteiger partial charge is 0.323 e. The molecule has 12 heteroatoms. The van der Waals surface area contributed by atoms with E-state index < -0.39 is 22.0 Å². The Morgan fingerprint density at radius 1 is 0.878 bits per heavy atom. The number of carbonyl (C=O) groups is 1. The Hall–Kier alpha value is -5.56. The zero-order chi connectivity index (χ0) is 34.2. The van der Waals surface area contributed by atoms with Gasteiger partial charge in [-0.15, -0.1) is 0 Å². The first-order chi connectivity index (χ1) is 23.8. The maximum Gasteiger partial charge on any atom is 0.323 e. The van der Waals surface area contributed by atoms with E-state index >= 15 is 0 Å². The van der Waals surface area contributed by atoms with Gasteiger partial charge < -0.3 is 25.3 Å². The normalized spacial score (nSPS) is 12.2. The van der Waals surface area contributed by atoms with E-state index in [1.807, 2.05) is 65.2 Å². The van der Waals surface area contributed by atoms with Crippen LogP contribution < -0.4 is 20.8 Å². The van der Waals surface area contributed by atoms with Crippen LogP contribution in [0.5, 0.6) is 0 Å². The van der Waals surface area contributed by atoms with Crippen LogP contribution in [0.2, 0.25) is 0 Å². The van der Waals surface area contributed by atoms with Crippen LogP contribution in [0.3, 0.4) is 0 Å². The van der Waals surface area contributed by atoms with Crippen molar-refractivity contribution in [2.75, 3.05) is 11.9 Å². The summed E-state index contributed by atoms with van der Waals surface area (Å²) < 4.78 is 30.6. The molecular weight excluding hydrogens is 641 g/mol. The third-order valence-electron chi connectivity index (χ3n) is 8.19. The van der Waals surface area contributed by atoms with E-state index in [1.54, 1.807) is 36.8 Å². The molecule has 0 amide bonds. The number of nitrogens with zero attached hydrogens (tertiary/aromatic N) is 2. The van der Waals surface area contributed by atoms with Crippen LogP contribution in [-0.2, 0) is 40.9 Å². The number of carboxylic acid groups (broad SMARTS) is 1. The molecular formula is C37H36N6O5S. The Morgan fingerprint density at radius 2 is 1.59 bits per heavy atom. The summed E-state index contributed by atoms with van der Waals surface area (Å²) in [6.45, 7) is 0.904. The molecule has 6 rings (SSSR count). The number of hydrogen-bond acceptors (Lipinski definition) is 7. The SMILES string of the molecule is O=C(O)C(CNCc1cn(CCc2ccccc2)c2cc(CNc3ncc[nH]3)ccc2c1=O)NS(=O)(=O)c1ccc(-c2ccccc2)cc1. The van der Waals surface area contributed by atoms with Gasteiger partial charge in [0.05, 0.1) is 10.4 Å². The van der Waals surface area contributed by atoms with Gasteiger partial charge in [-0.25, -0.2) is 13.4 Å². The summed E-state index contributed by atoms with van der Waals surface area (Å²) in [6, 6.07) is 30.0. The number of anilines is 1. The van der Waals surface area contributed by atoms with Crippen LogP contribution in [0.4, 0.5) is 5.95 Å². The fourth-order valence-electron chi connectivity index (χ4n) is 5.60. The number of aromatic nitrogens is 3. The lowest BCUT2D eigenvalue weighted by Gasteiger charge is -2.17. The molecule has 2 aromatic heterocycles. The van der Waals surface area contributed by atoms with Gasteiger partial charge in [-0.1, -0.05) is 78.9 Å². The van der Waals surface area contributed by atoms with Crippen molar-refractivity contribution in [1.29, 1.82) is 0 Å². The monoisotopic (exact) mass is 676 g/mol. The summed E-state index contributed by atoms with van der Waals surface area (Å²) in [4.78, 5) is 32.9. The molecule has 0 saturated heterocycles. The molecule has 0 fully saturated rings. The molecule has 0 saturated carbocycles. The number of H-pyrrole nitrogens is 1. The minimum atomic E-state index is -4.15. The van der Waals surface area contributed by atoms with E-state index in [-0.39, 0.29) is 23.4 Å². The molecule has 2 heterocycles. The number of fused-ring (bicyclic) bond motifs is 1. The Kier molecular flexibility index (Phi) is 10.3. The maximum atomic E-state index is 13.7. The predicted molar refractivity (Wildman–Crippen MR) is 190 cm³/mol. The summed E-state index contributed by atoms with van der Waals surface area (Å²) in [5, 5.41) is 16.6. The van der Waals surface area contributed by atoms with E-state index in [4.69, 9.17) is 0 Å². The van der Waals surface area contributed by atoms with Crippen molar-refractivity contribution in [3.63, 3.8) is 0 Å². The number of pyridine rings is 1. The standard InChI is InChI=1S/C37H36N6O5S/c44-35-30(23-38-24-33(36(45)46)42-49(47,48)31-14-12-29(13-15-31)28-9-5-2-6-10-28)25-43(20-17-26-7-3-1-4-8-26)34-21-27(11-16-32(34)35)22-41-37-39-18-19-40-37/h1-16,18-19,21,25,33,38,42H,17,20,22-24H2,(H,45,46)(H2,39,40,41). The Labute approximate surface area is 283 Å². The molecule has 6 aromatic rings. The highest BCUT2D eigenvalue weighted by Crippen LogP contribution is 2.21. The quantitative estimate of drug-likeness (QED) is 0.104. The summed E-state index contributed by atoms with van der Waals surface area (Å²) >= 11 is 0. The second-order valence-electron chi connectivity index (χ2n) is 11.6. The molecule has 0 aliphatic carbocycles. The van der Waals surface area contributed by atoms with E-state index in [0.717, 1.165) is 34.2 Å². The molecule has 1 unspecified atom stereocenters. The molecule has 0 aliphatic heterocycles. The molecule has 5 N–H and O–H groups in total. The number of rotatable bonds is 15. The molecule has 0 bridgehead atoms. The minimum Gasteiger partial charge on any atom is -0.480 e. The van der Waals surface area contributed by atoms with Crippen LogP contribution in [0.25, 0.3) is 22.0 Å². The number of nitrogens with one attached hydrogen (secondary N) is 4. The zero-order valence-corrected chi connectivity index (χ0v) is 27.4. The van der Waals surface area contributed by atoms with Crippen molar-refractivity contribution in [3.05, 3.63) is 149 Å². The number of aryl methyl sites for hydroxylation is 2. The number of aliphatic carboxylic acids is 1. The van der Waals surface area contributed by atoms with E-state index in [1.165, 1.54) is 12.1 Å². The summed E-state index contributed by atoms with van der Waals surface area (Å²) in [6.07, 6.45) is 5.92. The second-order valence-corrected chi connectivity index (χ2v) is 13.3. The van der Waals surface area contributed by atoms with Crippen molar-refractivity contribution < 1.29 is 18.3 Å². The molecule has 0 aliphatic rings. The lowest BCUT2D eigenvalue weighted by molar-refractivity contribution is -0.138. The van der Waals surface area contributed by atoms with Crippen LogP contribution in [0, 0.1) is 0 Å². The van der Waals surface area contributed by atoms with E-state index in [2.05, 4.69) is 37.5 Å². The molecule has 0 spiro atoms. The van der Waals surface area contributed by atoms with Gasteiger partial charge in [-0.3, -0.25) is 9.59 Å². The number of benzene rings is 4. The molecule has 1 atom stereocenters. The Balaban J connectivity index is 1.18. The van der Waals surface area contributed by atoms with Gasteiger partial charge >= 0.3 is 5.97 Å². The van der Waals surface area contributed by atoms with Crippen LogP contribution in [-0.4, -0.2) is 46.6 Å². The molecule has 250 valence electrons. The number of hydrogen-bond donors (Lipinski definition) is 5. The Bertz CT molecular complexity index is 2190. The van der Waals surface area contributed by atoms with Gasteiger partial charge in [0.15, 0.2) is 11.4 Å². The second kappa shape index (κ2) is 15.1. The molecule has 0 radical (unpaired) electrons. The average Bonchev–Trinajstić information content (AvgIpc) is 3.65. The van der Waals surface area contributed by atoms with E-state index in [9.17, 15) is 23.1 Å². The van der Waals surface area contributed by atoms with Gasteiger partial charge in [0, 0.05) is 55.7 Å². The van der Waals surface area contributed by atoms with Gasteiger partial charge in [0.2, 0.25) is 10.0 Å². The third kappa shape index (κ3) is 8.30. The molecule has 11 nitrogen and oxygen atoms in total. The fraction of sp³-hybridized carbons (Fsp3) is 0.162. The first-order valence-electron chi connectivity index (χ1n) is 15.8.